The second kappa shape index (κ2) is 7.14. The Morgan fingerprint density at radius 2 is 1.82 bits per heavy atom. The van der Waals surface area contributed by atoms with E-state index in [1.165, 1.54) is 12.1 Å². The van der Waals surface area contributed by atoms with Crippen LogP contribution in [0.2, 0.25) is 0 Å². The quantitative estimate of drug-likeness (QED) is 0.689. The van der Waals surface area contributed by atoms with Gasteiger partial charge in [0, 0.05) is 18.7 Å². The fraction of sp³-hybridized carbons (Fsp3) is 0.500. The molecule has 0 saturated heterocycles. The fourth-order valence-corrected chi connectivity index (χ4v) is 3.22. The fourth-order valence-electron chi connectivity index (χ4n) is 3.22. The largest absolute Gasteiger partial charge is 0.443 e. The van der Waals surface area contributed by atoms with E-state index >= 15 is 0 Å². The zero-order valence-electron chi connectivity index (χ0n) is 16.4. The second-order valence-electron chi connectivity index (χ2n) is 8.00. The average Bonchev–Trinajstić information content (AvgIpc) is 3.02. The summed E-state index contributed by atoms with van der Waals surface area (Å²) in [5.41, 5.74) is -0.200. The van der Waals surface area contributed by atoms with Gasteiger partial charge < -0.3 is 4.74 Å². The molecule has 1 aliphatic rings. The molecule has 0 aliphatic carbocycles. The molecule has 1 amide bonds. The molecule has 1 aromatic heterocycles. The van der Waals surface area contributed by atoms with Crippen molar-refractivity contribution < 1.29 is 22.7 Å². The van der Waals surface area contributed by atoms with Gasteiger partial charge >= 0.3 is 12.3 Å². The highest BCUT2D eigenvalue weighted by atomic mass is 19.4. The molecule has 1 atom stereocenters. The van der Waals surface area contributed by atoms with Crippen LogP contribution in [-0.4, -0.2) is 28.0 Å². The highest BCUT2D eigenvalue weighted by molar-refractivity contribution is 5.92. The second-order valence-corrected chi connectivity index (χ2v) is 8.00. The summed E-state index contributed by atoms with van der Waals surface area (Å²) in [5.74, 6) is 0.777. The van der Waals surface area contributed by atoms with Crippen molar-refractivity contribution in [3.05, 3.63) is 36.0 Å². The van der Waals surface area contributed by atoms with E-state index in [4.69, 9.17) is 4.74 Å². The number of halogens is 3. The number of ether oxygens (including phenoxy) is 1. The van der Waals surface area contributed by atoms with Crippen LogP contribution in [0.15, 0.2) is 30.5 Å². The summed E-state index contributed by atoms with van der Waals surface area (Å²) in [7, 11) is 0. The predicted molar refractivity (Wildman–Crippen MR) is 100 cm³/mol. The van der Waals surface area contributed by atoms with Crippen molar-refractivity contribution in [2.24, 2.45) is 5.92 Å². The van der Waals surface area contributed by atoms with Gasteiger partial charge in [0.2, 0.25) is 0 Å². The maximum absolute atomic E-state index is 12.9. The molecule has 0 saturated carbocycles. The van der Waals surface area contributed by atoms with E-state index in [1.807, 2.05) is 6.92 Å². The first-order valence-corrected chi connectivity index (χ1v) is 9.23. The van der Waals surface area contributed by atoms with Crippen molar-refractivity contribution in [1.82, 2.24) is 9.78 Å². The molecule has 1 aliphatic heterocycles. The summed E-state index contributed by atoms with van der Waals surface area (Å²) in [6.45, 7) is 8.54. The molecule has 0 N–H and O–H groups in total. The van der Waals surface area contributed by atoms with E-state index < -0.39 is 23.4 Å². The van der Waals surface area contributed by atoms with Crippen LogP contribution in [0.5, 0.6) is 0 Å². The third-order valence-electron chi connectivity index (χ3n) is 4.65. The maximum atomic E-state index is 12.9. The topological polar surface area (TPSA) is 47.4 Å². The number of aromatic nitrogens is 2. The first-order chi connectivity index (χ1) is 13.0. The summed E-state index contributed by atoms with van der Waals surface area (Å²) in [4.78, 5) is 14.4. The standard InChI is InChI=1S/C20H24F3N3O2/c1-5-13-11-25(18(27)28-19(2,3)4)17-16(10-24-26(17)12-13)14-6-8-15(9-7-14)20(21,22)23/h6-10,13H,5,11-12H2,1-4H3. The molecule has 8 heteroatoms. The van der Waals surface area contributed by atoms with Crippen molar-refractivity contribution in [3.8, 4) is 11.1 Å². The average molecular weight is 395 g/mol. The highest BCUT2D eigenvalue weighted by Crippen LogP contribution is 2.37. The number of anilines is 1. The predicted octanol–water partition coefficient (Wildman–Crippen LogP) is 5.35. The van der Waals surface area contributed by atoms with Crippen LogP contribution < -0.4 is 4.90 Å². The van der Waals surface area contributed by atoms with Crippen LogP contribution >= 0.6 is 0 Å². The van der Waals surface area contributed by atoms with E-state index in [1.54, 1.807) is 36.5 Å². The first-order valence-electron chi connectivity index (χ1n) is 9.23. The lowest BCUT2D eigenvalue weighted by Crippen LogP contribution is -2.45. The van der Waals surface area contributed by atoms with Crippen LogP contribution in [0.25, 0.3) is 11.1 Å². The van der Waals surface area contributed by atoms with Crippen molar-refractivity contribution in [2.75, 3.05) is 11.4 Å². The number of carbonyl (C=O) groups is 1. The zero-order valence-corrected chi connectivity index (χ0v) is 16.4. The van der Waals surface area contributed by atoms with Gasteiger partial charge in [-0.2, -0.15) is 18.3 Å². The lowest BCUT2D eigenvalue weighted by Gasteiger charge is -2.34. The van der Waals surface area contributed by atoms with Crippen LogP contribution in [0.4, 0.5) is 23.8 Å². The molecule has 0 bridgehead atoms. The van der Waals surface area contributed by atoms with Gasteiger partial charge in [-0.05, 0) is 50.8 Å². The molecular weight excluding hydrogens is 371 g/mol. The molecule has 1 unspecified atom stereocenters. The number of hydrogen-bond acceptors (Lipinski definition) is 3. The van der Waals surface area contributed by atoms with Gasteiger partial charge in [0.15, 0.2) is 0 Å². The van der Waals surface area contributed by atoms with Crippen LogP contribution in [0, 0.1) is 5.92 Å². The van der Waals surface area contributed by atoms with Crippen LogP contribution in [0.1, 0.15) is 39.7 Å². The van der Waals surface area contributed by atoms with Crippen LogP contribution in [0.3, 0.4) is 0 Å². The number of hydrogen-bond donors (Lipinski definition) is 0. The summed E-state index contributed by atoms with van der Waals surface area (Å²) in [5, 5.41) is 4.38. The number of carbonyl (C=O) groups excluding carboxylic acids is 1. The third kappa shape index (κ3) is 4.15. The number of rotatable bonds is 2. The normalized spacial score (nSPS) is 17.4. The third-order valence-corrected chi connectivity index (χ3v) is 4.65. The molecule has 5 nitrogen and oxygen atoms in total. The Bertz CT molecular complexity index is 851. The lowest BCUT2D eigenvalue weighted by atomic mass is 10.0. The molecule has 0 fully saturated rings. The van der Waals surface area contributed by atoms with Gasteiger partial charge in [-0.15, -0.1) is 0 Å². The number of benzene rings is 1. The van der Waals surface area contributed by atoms with Gasteiger partial charge in [0.05, 0.1) is 11.8 Å². The van der Waals surface area contributed by atoms with Crippen LogP contribution in [-0.2, 0) is 17.5 Å². The SMILES string of the molecule is CCC1CN(C(=O)OC(C)(C)C)c2c(-c3ccc(C(F)(F)F)cc3)cnn2C1. The summed E-state index contributed by atoms with van der Waals surface area (Å²) < 4.78 is 45.8. The molecule has 2 aromatic rings. The zero-order chi connectivity index (χ0) is 20.7. The van der Waals surface area contributed by atoms with E-state index in [0.29, 0.717) is 30.0 Å². The minimum Gasteiger partial charge on any atom is -0.443 e. The lowest BCUT2D eigenvalue weighted by molar-refractivity contribution is -0.137. The minimum atomic E-state index is -4.39. The van der Waals surface area contributed by atoms with Gasteiger partial charge in [-0.1, -0.05) is 19.1 Å². The Hall–Kier alpha value is -2.51. The maximum Gasteiger partial charge on any atom is 0.416 e. The molecule has 3 rings (SSSR count). The summed E-state index contributed by atoms with van der Waals surface area (Å²) >= 11 is 0. The Kier molecular flexibility index (Phi) is 5.16. The van der Waals surface area contributed by atoms with Gasteiger partial charge in [-0.25, -0.2) is 9.48 Å². The Morgan fingerprint density at radius 1 is 1.18 bits per heavy atom. The first kappa shape index (κ1) is 20.2. The summed E-state index contributed by atoms with van der Waals surface area (Å²) in [6.07, 6.45) is -2.42. The van der Waals surface area contributed by atoms with E-state index in [0.717, 1.165) is 18.6 Å². The highest BCUT2D eigenvalue weighted by Gasteiger charge is 2.35. The van der Waals surface area contributed by atoms with Crippen molar-refractivity contribution >= 4 is 11.9 Å². The Morgan fingerprint density at radius 3 is 2.36 bits per heavy atom. The number of fused-ring (bicyclic) bond motifs is 1. The van der Waals surface area contributed by atoms with E-state index in [9.17, 15) is 18.0 Å². The molecule has 0 radical (unpaired) electrons. The number of nitrogens with zero attached hydrogens (tertiary/aromatic N) is 3. The van der Waals surface area contributed by atoms with Crippen molar-refractivity contribution in [2.45, 2.75) is 52.4 Å². The number of alkyl halides is 3. The van der Waals surface area contributed by atoms with Gasteiger partial charge in [0.25, 0.3) is 0 Å². The monoisotopic (exact) mass is 395 g/mol. The van der Waals surface area contributed by atoms with Gasteiger partial charge in [0.1, 0.15) is 11.4 Å². The molecule has 0 spiro atoms. The van der Waals surface area contributed by atoms with Crippen molar-refractivity contribution in [3.63, 3.8) is 0 Å². The van der Waals surface area contributed by atoms with E-state index in [-0.39, 0.29) is 5.92 Å². The molecule has 28 heavy (non-hydrogen) atoms. The molecular formula is C20H24F3N3O2. The molecule has 152 valence electrons. The van der Waals surface area contributed by atoms with Crippen molar-refractivity contribution in [1.29, 1.82) is 0 Å². The van der Waals surface area contributed by atoms with E-state index in [2.05, 4.69) is 5.10 Å². The Labute approximate surface area is 162 Å². The molecule has 2 heterocycles. The summed E-state index contributed by atoms with van der Waals surface area (Å²) in [6, 6.07) is 4.88. The smallest absolute Gasteiger partial charge is 0.416 e. The minimum absolute atomic E-state index is 0.223. The molecule has 1 aromatic carbocycles. The Balaban J connectivity index is 2.00. The van der Waals surface area contributed by atoms with Gasteiger partial charge in [-0.3, -0.25) is 4.90 Å². The number of amides is 1.